The molecule has 13 heteroatoms. The van der Waals surface area contributed by atoms with Gasteiger partial charge in [-0.1, -0.05) is 12.1 Å². The van der Waals surface area contributed by atoms with Gasteiger partial charge in [0.05, 0.1) is 21.9 Å². The normalized spacial score (nSPS) is 15.5. The van der Waals surface area contributed by atoms with Gasteiger partial charge in [-0.2, -0.15) is 0 Å². The molecule has 38 heavy (non-hydrogen) atoms. The Morgan fingerprint density at radius 1 is 1.03 bits per heavy atom. The first-order chi connectivity index (χ1) is 18.0. The van der Waals surface area contributed by atoms with Crippen molar-refractivity contribution in [3.8, 4) is 0 Å². The van der Waals surface area contributed by atoms with Crippen molar-refractivity contribution in [2.45, 2.75) is 23.8 Å². The molecule has 0 aromatic heterocycles. The predicted molar refractivity (Wildman–Crippen MR) is 133 cm³/mol. The Kier molecular flexibility index (Phi) is 7.32. The van der Waals surface area contributed by atoms with Crippen molar-refractivity contribution in [3.05, 3.63) is 99.9 Å². The average Bonchev–Trinajstić information content (AvgIpc) is 3.17. The van der Waals surface area contributed by atoms with Crippen molar-refractivity contribution < 1.29 is 32.1 Å². The summed E-state index contributed by atoms with van der Waals surface area (Å²) in [6.45, 7) is -0.0362. The minimum absolute atomic E-state index is 0.0362. The summed E-state index contributed by atoms with van der Waals surface area (Å²) in [6, 6.07) is 14.1. The topological polar surface area (TPSA) is 161 Å². The largest absolute Gasteiger partial charge is 0.326 e. The SMILES string of the molecule is NS(=O)(=O)c1ccc(CCN(C(=O)c2ccc([N+](=O)[O-])cc2)C2CC(=O)N(c3ccc(F)cc3)C2=O)cc1. The lowest BCUT2D eigenvalue weighted by atomic mass is 10.1. The van der Waals surface area contributed by atoms with E-state index in [-0.39, 0.29) is 41.2 Å². The molecule has 1 heterocycles. The number of rotatable bonds is 8. The van der Waals surface area contributed by atoms with Gasteiger partial charge in [0.2, 0.25) is 15.9 Å². The van der Waals surface area contributed by atoms with Crippen molar-refractivity contribution in [2.75, 3.05) is 11.4 Å². The van der Waals surface area contributed by atoms with Gasteiger partial charge in [-0.25, -0.2) is 22.8 Å². The lowest BCUT2D eigenvalue weighted by molar-refractivity contribution is -0.384. The second kappa shape index (κ2) is 10.5. The predicted octanol–water partition coefficient (Wildman–Crippen LogP) is 2.40. The maximum absolute atomic E-state index is 13.5. The van der Waals surface area contributed by atoms with E-state index < -0.39 is 44.5 Å². The molecular weight excluding hydrogens is 519 g/mol. The molecule has 2 N–H and O–H groups in total. The molecule has 3 aromatic rings. The third-order valence-corrected chi connectivity index (χ3v) is 6.99. The minimum Gasteiger partial charge on any atom is -0.326 e. The van der Waals surface area contributed by atoms with Crippen LogP contribution in [0.4, 0.5) is 15.8 Å². The van der Waals surface area contributed by atoms with Gasteiger partial charge in [-0.15, -0.1) is 0 Å². The van der Waals surface area contributed by atoms with E-state index in [9.17, 15) is 37.3 Å². The highest BCUT2D eigenvalue weighted by Crippen LogP contribution is 2.27. The number of hydrogen-bond donors (Lipinski definition) is 1. The number of halogens is 1. The molecule has 1 fully saturated rings. The lowest BCUT2D eigenvalue weighted by Crippen LogP contribution is -2.46. The molecule has 1 atom stereocenters. The molecule has 0 saturated carbocycles. The van der Waals surface area contributed by atoms with Crippen LogP contribution in [0.5, 0.6) is 0 Å². The summed E-state index contributed by atoms with van der Waals surface area (Å²) in [6.07, 6.45) is -0.128. The van der Waals surface area contributed by atoms with Crippen molar-refractivity contribution in [2.24, 2.45) is 5.14 Å². The highest BCUT2D eigenvalue weighted by molar-refractivity contribution is 7.89. The van der Waals surface area contributed by atoms with E-state index in [1.807, 2.05) is 0 Å². The van der Waals surface area contributed by atoms with Crippen molar-refractivity contribution >= 4 is 39.1 Å². The van der Waals surface area contributed by atoms with E-state index in [1.54, 1.807) is 0 Å². The molecule has 196 valence electrons. The number of imide groups is 1. The quantitative estimate of drug-likeness (QED) is 0.261. The highest BCUT2D eigenvalue weighted by Gasteiger charge is 2.44. The van der Waals surface area contributed by atoms with Crippen LogP contribution in [-0.2, 0) is 26.0 Å². The number of hydrogen-bond acceptors (Lipinski definition) is 7. The minimum atomic E-state index is -3.90. The average molecular weight is 541 g/mol. The summed E-state index contributed by atoms with van der Waals surface area (Å²) < 4.78 is 36.4. The summed E-state index contributed by atoms with van der Waals surface area (Å²) >= 11 is 0. The molecule has 0 bridgehead atoms. The van der Waals surface area contributed by atoms with Crippen LogP contribution in [0.1, 0.15) is 22.3 Å². The standard InChI is InChI=1S/C25H21FN4O7S/c26-18-5-9-19(10-6-18)29-23(31)15-22(25(29)33)28(24(32)17-3-7-20(8-4-17)30(34)35)14-13-16-1-11-21(12-2-16)38(27,36)37/h1-12,22H,13-15H2,(H2,27,36,37). The van der Waals surface area contributed by atoms with Crippen LogP contribution in [0.2, 0.25) is 0 Å². The molecule has 0 aliphatic carbocycles. The van der Waals surface area contributed by atoms with Gasteiger partial charge >= 0.3 is 0 Å². The van der Waals surface area contributed by atoms with Crippen LogP contribution in [-0.4, -0.2) is 48.5 Å². The third-order valence-electron chi connectivity index (χ3n) is 6.06. The number of non-ortho nitro benzene ring substituents is 1. The van der Waals surface area contributed by atoms with Crippen LogP contribution in [0.25, 0.3) is 0 Å². The molecule has 11 nitrogen and oxygen atoms in total. The molecule has 0 spiro atoms. The number of nitro benzene ring substituents is 1. The molecule has 3 amide bonds. The van der Waals surface area contributed by atoms with Crippen LogP contribution in [0.3, 0.4) is 0 Å². The number of nitro groups is 1. The molecule has 3 aromatic carbocycles. The van der Waals surface area contributed by atoms with Gasteiger partial charge in [-0.05, 0) is 60.5 Å². The summed E-state index contributed by atoms with van der Waals surface area (Å²) in [4.78, 5) is 52.0. The number of anilines is 1. The van der Waals surface area contributed by atoms with E-state index in [2.05, 4.69) is 0 Å². The molecule has 1 aliphatic rings. The van der Waals surface area contributed by atoms with Crippen molar-refractivity contribution in [1.82, 2.24) is 4.90 Å². The third kappa shape index (κ3) is 5.58. The van der Waals surface area contributed by atoms with Crippen LogP contribution in [0.15, 0.2) is 77.7 Å². The number of carbonyl (C=O) groups is 3. The Bertz CT molecular complexity index is 1510. The maximum Gasteiger partial charge on any atom is 0.269 e. The van der Waals surface area contributed by atoms with Crippen molar-refractivity contribution in [1.29, 1.82) is 0 Å². The van der Waals surface area contributed by atoms with Gasteiger partial charge in [0.1, 0.15) is 11.9 Å². The van der Waals surface area contributed by atoms with Crippen molar-refractivity contribution in [3.63, 3.8) is 0 Å². The first kappa shape index (κ1) is 26.6. The zero-order chi connectivity index (χ0) is 27.6. The zero-order valence-electron chi connectivity index (χ0n) is 19.7. The number of nitrogens with zero attached hydrogens (tertiary/aromatic N) is 3. The Morgan fingerprint density at radius 2 is 1.63 bits per heavy atom. The van der Waals surface area contributed by atoms with E-state index in [1.165, 1.54) is 53.4 Å². The first-order valence-electron chi connectivity index (χ1n) is 11.3. The Labute approximate surface area is 216 Å². The Balaban J connectivity index is 1.63. The molecule has 4 rings (SSSR count). The molecule has 0 radical (unpaired) electrons. The maximum atomic E-state index is 13.5. The molecule has 1 aliphatic heterocycles. The van der Waals surface area contributed by atoms with Gasteiger partial charge < -0.3 is 4.90 Å². The summed E-state index contributed by atoms with van der Waals surface area (Å²) in [5, 5.41) is 16.1. The highest BCUT2D eigenvalue weighted by atomic mass is 32.2. The second-order valence-electron chi connectivity index (χ2n) is 8.51. The first-order valence-corrected chi connectivity index (χ1v) is 12.8. The molecular formula is C25H21FN4O7S. The van der Waals surface area contributed by atoms with E-state index in [4.69, 9.17) is 5.14 Å². The number of carbonyl (C=O) groups excluding carboxylic acids is 3. The van der Waals surface area contributed by atoms with Gasteiger partial charge in [-0.3, -0.25) is 24.5 Å². The monoisotopic (exact) mass is 540 g/mol. The van der Waals surface area contributed by atoms with Gasteiger partial charge in [0, 0.05) is 24.2 Å². The summed E-state index contributed by atoms with van der Waals surface area (Å²) in [5.74, 6) is -2.44. The summed E-state index contributed by atoms with van der Waals surface area (Å²) in [7, 11) is -3.90. The fourth-order valence-corrected chi connectivity index (χ4v) is 4.62. The van der Waals surface area contributed by atoms with Crippen LogP contribution < -0.4 is 10.0 Å². The van der Waals surface area contributed by atoms with Crippen LogP contribution >= 0.6 is 0 Å². The smallest absolute Gasteiger partial charge is 0.269 e. The Hall–Kier alpha value is -4.49. The number of amides is 3. The number of benzene rings is 3. The Morgan fingerprint density at radius 3 is 2.18 bits per heavy atom. The fraction of sp³-hybridized carbons (Fsp3) is 0.160. The zero-order valence-corrected chi connectivity index (χ0v) is 20.5. The van der Waals surface area contributed by atoms with E-state index >= 15 is 0 Å². The van der Waals surface area contributed by atoms with Crippen LogP contribution in [0, 0.1) is 15.9 Å². The number of nitrogens with two attached hydrogens (primary N) is 1. The van der Waals surface area contributed by atoms with Gasteiger partial charge in [0.25, 0.3) is 17.5 Å². The molecule has 1 saturated heterocycles. The number of sulfonamides is 1. The van der Waals surface area contributed by atoms with Gasteiger partial charge in [0.15, 0.2) is 0 Å². The lowest BCUT2D eigenvalue weighted by Gasteiger charge is -2.28. The fourth-order valence-electron chi connectivity index (χ4n) is 4.11. The summed E-state index contributed by atoms with van der Waals surface area (Å²) in [5.41, 5.74) is 0.634. The number of primary sulfonamides is 1. The van der Waals surface area contributed by atoms with E-state index in [0.717, 1.165) is 29.2 Å². The second-order valence-corrected chi connectivity index (χ2v) is 10.1. The molecule has 1 unspecified atom stereocenters. The van der Waals surface area contributed by atoms with E-state index in [0.29, 0.717) is 5.56 Å².